The van der Waals surface area contributed by atoms with E-state index in [1.54, 1.807) is 0 Å². The average Bonchev–Trinajstić information content (AvgIpc) is 3.38. The number of ether oxygens (including phenoxy) is 1. The Morgan fingerprint density at radius 2 is 0.569 bits per heavy atom. The molecule has 0 saturated carbocycles. The normalized spacial score (nSPS) is 12.1. The zero-order valence-corrected chi connectivity index (χ0v) is 50.1. The molecule has 1 atom stereocenters. The average molecular weight is 1010 g/mol. The van der Waals surface area contributed by atoms with E-state index in [-0.39, 0.29) is 17.8 Å². The van der Waals surface area contributed by atoms with Gasteiger partial charge < -0.3 is 9.64 Å². The summed E-state index contributed by atoms with van der Waals surface area (Å²) in [6.45, 7) is 11.3. The summed E-state index contributed by atoms with van der Waals surface area (Å²) in [5.41, 5.74) is 0. The number of allylic oxidation sites excluding steroid dienone is 2. The van der Waals surface area contributed by atoms with Crippen molar-refractivity contribution in [1.82, 2.24) is 4.90 Å². The van der Waals surface area contributed by atoms with E-state index < -0.39 is 0 Å². The fourth-order valence-corrected chi connectivity index (χ4v) is 10.9. The van der Waals surface area contributed by atoms with Crippen LogP contribution in [-0.2, 0) is 14.3 Å². The van der Waals surface area contributed by atoms with Gasteiger partial charge in [0, 0.05) is 19.5 Å². The lowest BCUT2D eigenvalue weighted by Gasteiger charge is -2.25. The number of unbranched alkanes of at least 4 members (excludes halogenated alkanes) is 49. The van der Waals surface area contributed by atoms with Crippen molar-refractivity contribution in [3.8, 4) is 0 Å². The first kappa shape index (κ1) is 70.7. The molecule has 72 heavy (non-hydrogen) atoms. The van der Waals surface area contributed by atoms with Crippen LogP contribution in [0.25, 0.3) is 0 Å². The van der Waals surface area contributed by atoms with E-state index in [2.05, 4.69) is 44.7 Å². The van der Waals surface area contributed by atoms with Gasteiger partial charge in [-0.15, -0.1) is 0 Å². The van der Waals surface area contributed by atoms with Crippen molar-refractivity contribution in [3.63, 3.8) is 0 Å². The number of amides is 1. The Morgan fingerprint density at radius 1 is 0.319 bits per heavy atom. The molecule has 0 aromatic heterocycles. The van der Waals surface area contributed by atoms with E-state index in [0.717, 1.165) is 64.5 Å². The summed E-state index contributed by atoms with van der Waals surface area (Å²) in [7, 11) is 0. The molecule has 0 fully saturated rings. The second-order valence-electron chi connectivity index (χ2n) is 23.3. The fraction of sp³-hybridized carbons (Fsp3) is 0.941. The third-order valence-corrected chi connectivity index (χ3v) is 16.0. The van der Waals surface area contributed by atoms with Crippen LogP contribution in [-0.4, -0.2) is 36.5 Å². The molecule has 0 aliphatic heterocycles. The molecule has 0 rings (SSSR count). The molecule has 4 heteroatoms. The van der Waals surface area contributed by atoms with Gasteiger partial charge in [-0.2, -0.15) is 0 Å². The molecule has 0 heterocycles. The summed E-state index contributed by atoms with van der Waals surface area (Å²) in [5, 5.41) is 0. The number of hydrogen-bond donors (Lipinski definition) is 0. The van der Waals surface area contributed by atoms with Crippen LogP contribution in [0.4, 0.5) is 0 Å². The van der Waals surface area contributed by atoms with E-state index in [1.165, 1.54) is 302 Å². The summed E-state index contributed by atoms with van der Waals surface area (Å²) >= 11 is 0. The number of carbonyl (C=O) groups is 2. The van der Waals surface area contributed by atoms with E-state index in [0.29, 0.717) is 13.0 Å². The predicted molar refractivity (Wildman–Crippen MR) is 321 cm³/mol. The zero-order valence-electron chi connectivity index (χ0n) is 50.1. The smallest absolute Gasteiger partial charge is 0.309 e. The number of hydrogen-bond acceptors (Lipinski definition) is 3. The van der Waals surface area contributed by atoms with Crippen LogP contribution in [0.5, 0.6) is 0 Å². The maximum atomic E-state index is 13.9. The fourth-order valence-electron chi connectivity index (χ4n) is 10.9. The van der Waals surface area contributed by atoms with Gasteiger partial charge in [0.1, 0.15) is 0 Å². The first-order valence-electron chi connectivity index (χ1n) is 33.7. The lowest BCUT2D eigenvalue weighted by atomic mass is 9.96. The second-order valence-corrected chi connectivity index (χ2v) is 23.3. The molecular weight excluding hydrogens is 879 g/mol. The Morgan fingerprint density at radius 3 is 0.875 bits per heavy atom. The van der Waals surface area contributed by atoms with Crippen LogP contribution >= 0.6 is 0 Å². The monoisotopic (exact) mass is 1010 g/mol. The van der Waals surface area contributed by atoms with Gasteiger partial charge in [0.25, 0.3) is 0 Å². The lowest BCUT2D eigenvalue weighted by molar-refractivity contribution is -0.152. The zero-order chi connectivity index (χ0) is 52.2. The number of rotatable bonds is 62. The topological polar surface area (TPSA) is 46.6 Å². The minimum atomic E-state index is -0.304. The summed E-state index contributed by atoms with van der Waals surface area (Å²) < 4.78 is 5.87. The van der Waals surface area contributed by atoms with Crippen molar-refractivity contribution in [2.45, 2.75) is 387 Å². The minimum absolute atomic E-state index is 0.125. The van der Waals surface area contributed by atoms with Gasteiger partial charge in [-0.1, -0.05) is 342 Å². The van der Waals surface area contributed by atoms with Crippen LogP contribution in [0, 0.1) is 5.92 Å². The lowest BCUT2D eigenvalue weighted by Crippen LogP contribution is -2.35. The highest BCUT2D eigenvalue weighted by molar-refractivity contribution is 5.83. The summed E-state index contributed by atoms with van der Waals surface area (Å²) in [5.74, 6) is -0.247. The Hall–Kier alpha value is -1.32. The van der Waals surface area contributed by atoms with Gasteiger partial charge in [0.2, 0.25) is 5.91 Å². The highest BCUT2D eigenvalue weighted by Gasteiger charge is 2.26. The highest BCUT2D eigenvalue weighted by Crippen LogP contribution is 2.22. The van der Waals surface area contributed by atoms with Gasteiger partial charge in [-0.05, 0) is 51.4 Å². The van der Waals surface area contributed by atoms with Gasteiger partial charge >= 0.3 is 5.97 Å². The largest absolute Gasteiger partial charge is 0.465 e. The quantitative estimate of drug-likeness (QED) is 0.0346. The third-order valence-electron chi connectivity index (χ3n) is 16.0. The van der Waals surface area contributed by atoms with E-state index in [4.69, 9.17) is 4.74 Å². The van der Waals surface area contributed by atoms with E-state index in [9.17, 15) is 9.59 Å². The minimum Gasteiger partial charge on any atom is -0.465 e. The summed E-state index contributed by atoms with van der Waals surface area (Å²) in [6, 6.07) is 0. The third kappa shape index (κ3) is 54.9. The molecule has 1 amide bonds. The number of esters is 1. The van der Waals surface area contributed by atoms with Gasteiger partial charge in [-0.25, -0.2) is 0 Å². The Labute approximate surface area is 454 Å². The Kier molecular flexibility index (Phi) is 61.1. The van der Waals surface area contributed by atoms with Crippen molar-refractivity contribution >= 4 is 11.9 Å². The molecule has 0 aromatic rings. The molecule has 0 bridgehead atoms. The molecular formula is C68H133NO3. The van der Waals surface area contributed by atoms with Gasteiger partial charge in [0.15, 0.2) is 0 Å². The highest BCUT2D eigenvalue weighted by atomic mass is 16.5. The second kappa shape index (κ2) is 62.2. The number of nitrogens with zero attached hydrogens (tertiary/aromatic N) is 1. The molecule has 0 saturated heterocycles. The maximum Gasteiger partial charge on any atom is 0.309 e. The Bertz CT molecular complexity index is 1060. The van der Waals surface area contributed by atoms with Gasteiger partial charge in [0.05, 0.1) is 12.5 Å². The standard InChI is InChI=1S/C68H133NO3/c1-5-9-13-17-21-22-23-24-25-26-27-28-29-30-31-32-33-34-35-36-37-38-39-40-41-42-43-44-45-46-47-48-49-50-51-52-53-57-61-66(68(71)72-64-60-56-20-16-12-8-4)65-67(70)69(62-58-54-18-14-10-6-2)63-59-55-19-15-11-7-3/h48-49,66H,5-47,50-65H2,1-4H3/b49-48+. The molecule has 0 spiro atoms. The molecule has 0 aliphatic carbocycles. The molecule has 0 aliphatic rings. The van der Waals surface area contributed by atoms with Crippen LogP contribution in [0.1, 0.15) is 387 Å². The van der Waals surface area contributed by atoms with Crippen LogP contribution in [0.2, 0.25) is 0 Å². The van der Waals surface area contributed by atoms with Gasteiger partial charge in [-0.3, -0.25) is 9.59 Å². The first-order chi connectivity index (χ1) is 35.6. The van der Waals surface area contributed by atoms with Crippen LogP contribution in [0.3, 0.4) is 0 Å². The van der Waals surface area contributed by atoms with E-state index >= 15 is 0 Å². The molecule has 0 radical (unpaired) electrons. The molecule has 4 nitrogen and oxygen atoms in total. The number of carbonyl (C=O) groups excluding carboxylic acids is 2. The van der Waals surface area contributed by atoms with Crippen molar-refractivity contribution in [3.05, 3.63) is 12.2 Å². The molecule has 428 valence electrons. The summed E-state index contributed by atoms with van der Waals surface area (Å²) in [6.07, 6.45) is 78.3. The summed E-state index contributed by atoms with van der Waals surface area (Å²) in [4.78, 5) is 29.5. The molecule has 1 unspecified atom stereocenters. The van der Waals surface area contributed by atoms with Crippen molar-refractivity contribution in [1.29, 1.82) is 0 Å². The molecule has 0 N–H and O–H groups in total. The first-order valence-corrected chi connectivity index (χ1v) is 33.7. The van der Waals surface area contributed by atoms with Crippen LogP contribution in [0.15, 0.2) is 12.2 Å². The molecule has 0 aromatic carbocycles. The Balaban J connectivity index is 4.04. The SMILES string of the molecule is CCCCCCCCCCCCCCCCCCCCCCCCCCCCCCCC/C=C/CCCCCCC(CC(=O)N(CCCCCCCC)CCCCCCCC)C(=O)OCCCCCCCC. The maximum absolute atomic E-state index is 13.9. The van der Waals surface area contributed by atoms with Crippen molar-refractivity contribution in [2.24, 2.45) is 5.92 Å². The van der Waals surface area contributed by atoms with Crippen molar-refractivity contribution < 1.29 is 14.3 Å². The van der Waals surface area contributed by atoms with E-state index in [1.807, 2.05) is 0 Å². The van der Waals surface area contributed by atoms with Crippen molar-refractivity contribution in [2.75, 3.05) is 19.7 Å². The van der Waals surface area contributed by atoms with Crippen LogP contribution < -0.4 is 0 Å². The predicted octanol–water partition coefficient (Wildman–Crippen LogP) is 23.5.